The molecular weight excluding hydrogens is 300 g/mol. The molecule has 0 bridgehead atoms. The molecular formula is C8H4Br2N2O. The Hall–Kier alpha value is -0.680. The highest BCUT2D eigenvalue weighted by Crippen LogP contribution is 2.25. The van der Waals surface area contributed by atoms with Gasteiger partial charge in [0.05, 0.1) is 11.7 Å². The van der Waals surface area contributed by atoms with Crippen molar-refractivity contribution >= 4 is 42.9 Å². The molecule has 2 rings (SSSR count). The molecule has 13 heavy (non-hydrogen) atoms. The first-order chi connectivity index (χ1) is 6.18. The van der Waals surface area contributed by atoms with E-state index in [-0.39, 0.29) is 5.56 Å². The summed E-state index contributed by atoms with van der Waals surface area (Å²) in [6.07, 6.45) is 1.26. The fraction of sp³-hybridized carbons (Fsp3) is 0. The van der Waals surface area contributed by atoms with Crippen LogP contribution in [0.15, 0.2) is 32.1 Å². The van der Waals surface area contributed by atoms with Gasteiger partial charge in [-0.3, -0.25) is 4.79 Å². The zero-order valence-electron chi connectivity index (χ0n) is 6.34. The Labute approximate surface area is 90.4 Å². The van der Waals surface area contributed by atoms with Gasteiger partial charge in [-0.2, -0.15) is 0 Å². The molecule has 3 nitrogen and oxygen atoms in total. The van der Waals surface area contributed by atoms with Gasteiger partial charge >= 0.3 is 0 Å². The van der Waals surface area contributed by atoms with E-state index in [1.165, 1.54) is 6.20 Å². The molecule has 1 N–H and O–H groups in total. The van der Waals surface area contributed by atoms with Crippen molar-refractivity contribution in [2.45, 2.75) is 0 Å². The smallest absolute Gasteiger partial charge is 0.266 e. The van der Waals surface area contributed by atoms with Crippen molar-refractivity contribution in [3.8, 4) is 0 Å². The van der Waals surface area contributed by atoms with Crippen molar-refractivity contribution in [3.63, 3.8) is 0 Å². The van der Waals surface area contributed by atoms with Crippen molar-refractivity contribution < 1.29 is 0 Å². The zero-order valence-corrected chi connectivity index (χ0v) is 9.52. The molecule has 1 heterocycles. The van der Waals surface area contributed by atoms with Crippen LogP contribution < -0.4 is 5.56 Å². The van der Waals surface area contributed by atoms with Gasteiger partial charge in [0.2, 0.25) is 0 Å². The number of aromatic nitrogens is 2. The molecule has 66 valence electrons. The lowest BCUT2D eigenvalue weighted by molar-refractivity contribution is 1.21. The first kappa shape index (κ1) is 8.90. The number of fused-ring (bicyclic) bond motifs is 1. The van der Waals surface area contributed by atoms with Crippen LogP contribution in [0.2, 0.25) is 0 Å². The molecule has 1 aromatic heterocycles. The summed E-state index contributed by atoms with van der Waals surface area (Å²) in [5.41, 5.74) is 1.25. The van der Waals surface area contributed by atoms with Gasteiger partial charge in [-0.1, -0.05) is 0 Å². The molecule has 0 spiro atoms. The normalized spacial score (nSPS) is 10.6. The Balaban J connectivity index is 3.00. The molecule has 0 amide bonds. The second-order valence-electron chi connectivity index (χ2n) is 2.50. The number of aromatic amines is 1. The molecule has 1 aromatic carbocycles. The topological polar surface area (TPSA) is 45.8 Å². The number of nitrogens with zero attached hydrogens (tertiary/aromatic N) is 1. The van der Waals surface area contributed by atoms with Gasteiger partial charge in [0.25, 0.3) is 5.56 Å². The lowest BCUT2D eigenvalue weighted by atomic mass is 10.3. The first-order valence-electron chi connectivity index (χ1n) is 3.51. The van der Waals surface area contributed by atoms with Gasteiger partial charge in [0.1, 0.15) is 5.52 Å². The van der Waals surface area contributed by atoms with E-state index in [0.29, 0.717) is 5.52 Å². The maximum Gasteiger partial charge on any atom is 0.266 e. The second-order valence-corrected chi connectivity index (χ2v) is 4.21. The SMILES string of the molecule is O=c1cnc2c(Br)ccc(Br)c2[nH]1. The van der Waals surface area contributed by atoms with Crippen LogP contribution in [0.5, 0.6) is 0 Å². The molecule has 0 unspecified atom stereocenters. The standard InChI is InChI=1S/C8H4Br2N2O/c9-4-1-2-5(10)8-7(4)11-3-6(13)12-8/h1-3H,(H,12,13). The summed E-state index contributed by atoms with van der Waals surface area (Å²) in [6.45, 7) is 0. The monoisotopic (exact) mass is 302 g/mol. The van der Waals surface area contributed by atoms with E-state index in [1.807, 2.05) is 12.1 Å². The maximum atomic E-state index is 11.0. The predicted molar refractivity (Wildman–Crippen MR) is 57.8 cm³/mol. The van der Waals surface area contributed by atoms with Crippen LogP contribution in [-0.2, 0) is 0 Å². The largest absolute Gasteiger partial charge is 0.318 e. The maximum absolute atomic E-state index is 11.0. The minimum Gasteiger partial charge on any atom is -0.318 e. The lowest BCUT2D eigenvalue weighted by Crippen LogP contribution is -2.05. The Kier molecular flexibility index (Phi) is 2.21. The summed E-state index contributed by atoms with van der Waals surface area (Å²) >= 11 is 6.68. The van der Waals surface area contributed by atoms with E-state index in [2.05, 4.69) is 41.8 Å². The van der Waals surface area contributed by atoms with E-state index >= 15 is 0 Å². The predicted octanol–water partition coefficient (Wildman–Crippen LogP) is 2.45. The third kappa shape index (κ3) is 1.53. The molecule has 0 radical (unpaired) electrons. The molecule has 0 atom stereocenters. The summed E-state index contributed by atoms with van der Waals surface area (Å²) in [6, 6.07) is 3.72. The van der Waals surface area contributed by atoms with Crippen molar-refractivity contribution in [2.75, 3.05) is 0 Å². The Bertz CT molecular complexity index is 521. The molecule has 0 saturated heterocycles. The van der Waals surface area contributed by atoms with Crippen LogP contribution in [0.25, 0.3) is 11.0 Å². The van der Waals surface area contributed by atoms with Gasteiger partial charge in [0, 0.05) is 8.95 Å². The summed E-state index contributed by atoms with van der Waals surface area (Å²) < 4.78 is 1.69. The van der Waals surface area contributed by atoms with E-state index < -0.39 is 0 Å². The van der Waals surface area contributed by atoms with Crippen LogP contribution in [0, 0.1) is 0 Å². The van der Waals surface area contributed by atoms with Crippen LogP contribution in [0.4, 0.5) is 0 Å². The van der Waals surface area contributed by atoms with E-state index in [4.69, 9.17) is 0 Å². The van der Waals surface area contributed by atoms with Crippen molar-refractivity contribution in [1.82, 2.24) is 9.97 Å². The minimum absolute atomic E-state index is 0.202. The van der Waals surface area contributed by atoms with Crippen molar-refractivity contribution in [2.24, 2.45) is 0 Å². The minimum atomic E-state index is -0.202. The Morgan fingerprint density at radius 2 is 1.92 bits per heavy atom. The number of H-pyrrole nitrogens is 1. The lowest BCUT2D eigenvalue weighted by Gasteiger charge is -2.00. The summed E-state index contributed by atoms with van der Waals surface area (Å²) in [5, 5.41) is 0. The molecule has 0 saturated carbocycles. The van der Waals surface area contributed by atoms with Crippen molar-refractivity contribution in [3.05, 3.63) is 37.6 Å². The van der Waals surface area contributed by atoms with Crippen LogP contribution >= 0.6 is 31.9 Å². The molecule has 5 heteroatoms. The Morgan fingerprint density at radius 1 is 1.23 bits per heavy atom. The molecule has 0 aliphatic rings. The summed E-state index contributed by atoms with van der Waals surface area (Å²) in [5.74, 6) is 0. The number of nitrogens with one attached hydrogen (secondary N) is 1. The van der Waals surface area contributed by atoms with Crippen LogP contribution in [0.3, 0.4) is 0 Å². The van der Waals surface area contributed by atoms with Gasteiger partial charge in [-0.15, -0.1) is 0 Å². The average molecular weight is 304 g/mol. The quantitative estimate of drug-likeness (QED) is 0.812. The molecule has 0 aliphatic heterocycles. The zero-order chi connectivity index (χ0) is 9.42. The fourth-order valence-corrected chi connectivity index (χ4v) is 1.92. The van der Waals surface area contributed by atoms with Gasteiger partial charge < -0.3 is 4.98 Å². The van der Waals surface area contributed by atoms with E-state index in [9.17, 15) is 4.79 Å². The fourth-order valence-electron chi connectivity index (χ4n) is 1.06. The average Bonchev–Trinajstić information content (AvgIpc) is 2.12. The third-order valence-electron chi connectivity index (χ3n) is 1.64. The van der Waals surface area contributed by atoms with Crippen LogP contribution in [0.1, 0.15) is 0 Å². The van der Waals surface area contributed by atoms with Gasteiger partial charge in [-0.25, -0.2) is 4.98 Å². The van der Waals surface area contributed by atoms with Gasteiger partial charge in [-0.05, 0) is 44.0 Å². The summed E-state index contributed by atoms with van der Waals surface area (Å²) in [7, 11) is 0. The molecule has 2 aromatic rings. The number of rotatable bonds is 0. The van der Waals surface area contributed by atoms with E-state index in [1.54, 1.807) is 0 Å². The number of hydrogen-bond acceptors (Lipinski definition) is 2. The van der Waals surface area contributed by atoms with E-state index in [0.717, 1.165) is 14.5 Å². The molecule has 0 fully saturated rings. The Morgan fingerprint density at radius 3 is 2.69 bits per heavy atom. The first-order valence-corrected chi connectivity index (χ1v) is 5.10. The number of halogens is 2. The number of benzene rings is 1. The highest BCUT2D eigenvalue weighted by atomic mass is 79.9. The summed E-state index contributed by atoms with van der Waals surface area (Å²) in [4.78, 5) is 17.7. The second kappa shape index (κ2) is 3.23. The van der Waals surface area contributed by atoms with Crippen LogP contribution in [-0.4, -0.2) is 9.97 Å². The third-order valence-corrected chi connectivity index (χ3v) is 2.94. The molecule has 0 aliphatic carbocycles. The number of hydrogen-bond donors (Lipinski definition) is 1. The van der Waals surface area contributed by atoms with Gasteiger partial charge in [0.15, 0.2) is 0 Å². The van der Waals surface area contributed by atoms with Crippen molar-refractivity contribution in [1.29, 1.82) is 0 Å². The highest BCUT2D eigenvalue weighted by molar-refractivity contribution is 9.11. The highest BCUT2D eigenvalue weighted by Gasteiger charge is 2.03.